The average Bonchev–Trinajstić information content (AvgIpc) is 3.44. The van der Waals surface area contributed by atoms with Crippen LogP contribution in [0.1, 0.15) is 37.7 Å². The summed E-state index contributed by atoms with van der Waals surface area (Å²) in [4.78, 5) is 30.6. The number of methoxy groups -OCH3 is 1. The molecule has 8 heteroatoms. The number of hydrogen-bond acceptors (Lipinski definition) is 5. The van der Waals surface area contributed by atoms with Gasteiger partial charge in [0.25, 0.3) is 11.8 Å². The van der Waals surface area contributed by atoms with Gasteiger partial charge in [-0.1, -0.05) is 17.3 Å². The SMILES string of the molecule is COc1ccc(C23Cn4cc(C)cc4C(=O)N2CCN3C(=O)c2conc2C)cc1. The number of aryl methyl sites for hydroxylation is 2. The highest BCUT2D eigenvalue weighted by molar-refractivity contribution is 5.99. The molecule has 30 heavy (non-hydrogen) atoms. The quantitative estimate of drug-likeness (QED) is 0.668. The van der Waals surface area contributed by atoms with Gasteiger partial charge in [0.15, 0.2) is 5.66 Å². The molecule has 0 aliphatic carbocycles. The van der Waals surface area contributed by atoms with Gasteiger partial charge in [0.05, 0.1) is 19.3 Å². The van der Waals surface area contributed by atoms with Crippen LogP contribution in [-0.4, -0.2) is 51.5 Å². The van der Waals surface area contributed by atoms with E-state index in [1.54, 1.807) is 18.9 Å². The molecular formula is C22H22N4O4. The van der Waals surface area contributed by atoms with Crippen molar-refractivity contribution in [3.8, 4) is 5.75 Å². The molecule has 0 spiro atoms. The predicted octanol–water partition coefficient (Wildman–Crippen LogP) is 2.57. The highest BCUT2D eigenvalue weighted by Gasteiger charge is 2.56. The van der Waals surface area contributed by atoms with Crippen LogP contribution in [0.15, 0.2) is 47.3 Å². The molecule has 0 N–H and O–H groups in total. The van der Waals surface area contributed by atoms with Gasteiger partial charge in [0, 0.05) is 24.8 Å². The molecule has 2 aromatic heterocycles. The summed E-state index contributed by atoms with van der Waals surface area (Å²) in [5.41, 5.74) is 2.51. The maximum atomic E-state index is 13.6. The topological polar surface area (TPSA) is 80.8 Å². The van der Waals surface area contributed by atoms with Gasteiger partial charge in [-0.25, -0.2) is 0 Å². The molecule has 1 saturated heterocycles. The molecule has 0 radical (unpaired) electrons. The Morgan fingerprint density at radius 1 is 1.20 bits per heavy atom. The lowest BCUT2D eigenvalue weighted by Gasteiger charge is -2.47. The number of amides is 2. The second kappa shape index (κ2) is 6.48. The van der Waals surface area contributed by atoms with E-state index in [0.717, 1.165) is 11.1 Å². The van der Waals surface area contributed by atoms with Gasteiger partial charge in [-0.3, -0.25) is 9.59 Å². The summed E-state index contributed by atoms with van der Waals surface area (Å²) in [6.07, 6.45) is 3.33. The molecule has 1 aromatic carbocycles. The van der Waals surface area contributed by atoms with Crippen molar-refractivity contribution >= 4 is 11.8 Å². The molecule has 1 unspecified atom stereocenters. The summed E-state index contributed by atoms with van der Waals surface area (Å²) in [6, 6.07) is 9.46. The summed E-state index contributed by atoms with van der Waals surface area (Å²) in [5, 5.41) is 3.86. The lowest BCUT2D eigenvalue weighted by Crippen LogP contribution is -2.60. The third-order valence-electron chi connectivity index (χ3n) is 6.11. The van der Waals surface area contributed by atoms with E-state index >= 15 is 0 Å². The molecule has 2 aliphatic rings. The summed E-state index contributed by atoms with van der Waals surface area (Å²) in [6.45, 7) is 5.03. The summed E-state index contributed by atoms with van der Waals surface area (Å²) in [7, 11) is 1.61. The molecule has 0 saturated carbocycles. The van der Waals surface area contributed by atoms with Gasteiger partial charge < -0.3 is 23.6 Å². The average molecular weight is 406 g/mol. The second-order valence-corrected chi connectivity index (χ2v) is 7.80. The first-order valence-electron chi connectivity index (χ1n) is 9.82. The van der Waals surface area contributed by atoms with E-state index in [2.05, 4.69) is 5.16 Å². The van der Waals surface area contributed by atoms with Crippen molar-refractivity contribution in [2.45, 2.75) is 26.1 Å². The minimum atomic E-state index is -0.942. The van der Waals surface area contributed by atoms with Crippen molar-refractivity contribution in [3.63, 3.8) is 0 Å². The Morgan fingerprint density at radius 3 is 2.63 bits per heavy atom. The van der Waals surface area contributed by atoms with Crippen LogP contribution in [-0.2, 0) is 12.2 Å². The van der Waals surface area contributed by atoms with Crippen molar-refractivity contribution in [2.75, 3.05) is 20.2 Å². The number of rotatable bonds is 3. The van der Waals surface area contributed by atoms with Crippen molar-refractivity contribution < 1.29 is 18.8 Å². The van der Waals surface area contributed by atoms with E-state index in [9.17, 15) is 9.59 Å². The fraction of sp³-hybridized carbons (Fsp3) is 0.318. The Kier molecular flexibility index (Phi) is 3.99. The molecule has 4 heterocycles. The zero-order chi connectivity index (χ0) is 21.0. The van der Waals surface area contributed by atoms with Crippen LogP contribution in [0.5, 0.6) is 5.75 Å². The first-order valence-corrected chi connectivity index (χ1v) is 9.82. The molecule has 2 amide bonds. The van der Waals surface area contributed by atoms with E-state index in [0.29, 0.717) is 42.3 Å². The summed E-state index contributed by atoms with van der Waals surface area (Å²) in [5.74, 6) is 0.432. The van der Waals surface area contributed by atoms with Crippen LogP contribution in [0, 0.1) is 13.8 Å². The molecule has 1 atom stereocenters. The van der Waals surface area contributed by atoms with Crippen molar-refractivity contribution in [1.29, 1.82) is 0 Å². The van der Waals surface area contributed by atoms with E-state index in [1.807, 2.05) is 52.9 Å². The molecule has 2 aliphatic heterocycles. The summed E-state index contributed by atoms with van der Waals surface area (Å²) >= 11 is 0. The Labute approximate surface area is 173 Å². The highest BCUT2D eigenvalue weighted by atomic mass is 16.5. The Hall–Kier alpha value is -3.55. The van der Waals surface area contributed by atoms with Crippen LogP contribution in [0.2, 0.25) is 0 Å². The van der Waals surface area contributed by atoms with E-state index in [4.69, 9.17) is 9.26 Å². The van der Waals surface area contributed by atoms with Gasteiger partial charge in [0.1, 0.15) is 23.3 Å². The number of nitrogens with zero attached hydrogens (tertiary/aromatic N) is 4. The predicted molar refractivity (Wildman–Crippen MR) is 107 cm³/mol. The fourth-order valence-electron chi connectivity index (χ4n) is 4.67. The highest BCUT2D eigenvalue weighted by Crippen LogP contribution is 2.44. The van der Waals surface area contributed by atoms with Crippen LogP contribution < -0.4 is 4.74 Å². The molecule has 8 nitrogen and oxygen atoms in total. The summed E-state index contributed by atoms with van der Waals surface area (Å²) < 4.78 is 12.3. The van der Waals surface area contributed by atoms with Crippen LogP contribution in [0.25, 0.3) is 0 Å². The monoisotopic (exact) mass is 406 g/mol. The Balaban J connectivity index is 1.69. The second-order valence-electron chi connectivity index (χ2n) is 7.80. The third-order valence-corrected chi connectivity index (χ3v) is 6.11. The lowest BCUT2D eigenvalue weighted by atomic mass is 9.93. The van der Waals surface area contributed by atoms with E-state index < -0.39 is 5.66 Å². The molecular weight excluding hydrogens is 384 g/mol. The number of ether oxygens (including phenoxy) is 1. The fourth-order valence-corrected chi connectivity index (χ4v) is 4.67. The third kappa shape index (κ3) is 2.43. The maximum Gasteiger partial charge on any atom is 0.272 e. The lowest BCUT2D eigenvalue weighted by molar-refractivity contribution is -0.00598. The number of benzene rings is 1. The number of carbonyl (C=O) groups excluding carboxylic acids is 2. The largest absolute Gasteiger partial charge is 0.497 e. The van der Waals surface area contributed by atoms with Gasteiger partial charge >= 0.3 is 0 Å². The first-order chi connectivity index (χ1) is 14.5. The molecule has 154 valence electrons. The standard InChI is InChI=1S/C22H22N4O4/c1-14-10-19-21(28)26-9-8-25(20(27)18-12-30-23-15(18)2)22(26,13-24(19)11-14)16-4-6-17(29-3)7-5-16/h4-7,10-12H,8-9,13H2,1-3H3. The van der Waals surface area contributed by atoms with E-state index in [1.165, 1.54) is 6.26 Å². The molecule has 1 fully saturated rings. The van der Waals surface area contributed by atoms with Crippen LogP contribution in [0.3, 0.4) is 0 Å². The minimum Gasteiger partial charge on any atom is -0.497 e. The van der Waals surface area contributed by atoms with Crippen LogP contribution >= 0.6 is 0 Å². The Morgan fingerprint density at radius 2 is 1.97 bits per heavy atom. The number of fused-ring (bicyclic) bond motifs is 2. The normalized spacial score (nSPS) is 20.3. The number of hydrogen-bond donors (Lipinski definition) is 0. The van der Waals surface area contributed by atoms with Gasteiger partial charge in [0.2, 0.25) is 0 Å². The zero-order valence-corrected chi connectivity index (χ0v) is 17.1. The van der Waals surface area contributed by atoms with Gasteiger partial charge in [-0.2, -0.15) is 0 Å². The van der Waals surface area contributed by atoms with Crippen LogP contribution in [0.4, 0.5) is 0 Å². The number of aromatic nitrogens is 2. The van der Waals surface area contributed by atoms with E-state index in [-0.39, 0.29) is 11.8 Å². The maximum absolute atomic E-state index is 13.6. The number of carbonyl (C=O) groups is 2. The molecule has 3 aromatic rings. The molecule has 5 rings (SSSR count). The zero-order valence-electron chi connectivity index (χ0n) is 17.1. The van der Waals surface area contributed by atoms with Gasteiger partial charge in [-0.15, -0.1) is 0 Å². The van der Waals surface area contributed by atoms with Crippen molar-refractivity contribution in [3.05, 3.63) is 70.9 Å². The smallest absolute Gasteiger partial charge is 0.272 e. The minimum absolute atomic E-state index is 0.0810. The first kappa shape index (κ1) is 18.5. The molecule has 0 bridgehead atoms. The van der Waals surface area contributed by atoms with Gasteiger partial charge in [-0.05, 0) is 37.6 Å². The van der Waals surface area contributed by atoms with Crippen molar-refractivity contribution in [1.82, 2.24) is 19.5 Å². The van der Waals surface area contributed by atoms with Crippen molar-refractivity contribution in [2.24, 2.45) is 0 Å². The Bertz CT molecular complexity index is 1150.